The number of hydrogen-bond acceptors (Lipinski definition) is 8. The second-order valence-corrected chi connectivity index (χ2v) is 11.2. The van der Waals surface area contributed by atoms with Crippen molar-refractivity contribution >= 4 is 57.3 Å². The van der Waals surface area contributed by atoms with E-state index in [4.69, 9.17) is 26.7 Å². The van der Waals surface area contributed by atoms with Crippen molar-refractivity contribution in [1.82, 2.24) is 14.1 Å². The number of carbonyl (C=O) groups excluding carboxylic acids is 1. The van der Waals surface area contributed by atoms with Crippen LogP contribution in [-0.4, -0.2) is 39.5 Å². The number of nitrogens with one attached hydrogen (secondary N) is 1. The molecule has 1 N–H and O–H groups in total. The van der Waals surface area contributed by atoms with Crippen LogP contribution >= 0.6 is 35.3 Å². The fourth-order valence-corrected chi connectivity index (χ4v) is 6.31. The van der Waals surface area contributed by atoms with E-state index in [1.807, 2.05) is 62.4 Å². The topological polar surface area (TPSA) is 87.4 Å². The van der Waals surface area contributed by atoms with Crippen molar-refractivity contribution in [3.63, 3.8) is 0 Å². The number of ether oxygens (including phenoxy) is 2. The Kier molecular flexibility index (Phi) is 8.34. The zero-order valence-electron chi connectivity index (χ0n) is 22.0. The van der Waals surface area contributed by atoms with E-state index in [0.29, 0.717) is 54.6 Å². The largest absolute Gasteiger partial charge is 0.497 e. The number of rotatable bonds is 9. The number of thioether (sulfide) groups is 1. The van der Waals surface area contributed by atoms with Crippen LogP contribution in [0.15, 0.2) is 82.7 Å². The summed E-state index contributed by atoms with van der Waals surface area (Å²) in [6, 6.07) is 22.2. The first-order valence-electron chi connectivity index (χ1n) is 12.4. The molecule has 11 heteroatoms. The van der Waals surface area contributed by atoms with E-state index >= 15 is 0 Å². The second kappa shape index (κ2) is 12.1. The fourth-order valence-electron chi connectivity index (χ4n) is 4.22. The van der Waals surface area contributed by atoms with Crippen molar-refractivity contribution in [3.8, 4) is 22.9 Å². The van der Waals surface area contributed by atoms with Gasteiger partial charge in [-0.05, 0) is 62.0 Å². The lowest BCUT2D eigenvalue weighted by atomic mass is 10.2. The van der Waals surface area contributed by atoms with Crippen molar-refractivity contribution < 1.29 is 14.3 Å². The van der Waals surface area contributed by atoms with Gasteiger partial charge in [-0.25, -0.2) is 4.98 Å². The monoisotopic (exact) mass is 590 g/mol. The molecule has 40 heavy (non-hydrogen) atoms. The highest BCUT2D eigenvalue weighted by molar-refractivity contribution is 7.99. The maximum absolute atomic E-state index is 14.0. The Morgan fingerprint density at radius 1 is 1.05 bits per heavy atom. The third-order valence-electron chi connectivity index (χ3n) is 6.03. The number of benzene rings is 3. The first-order valence-corrected chi connectivity index (χ1v) is 14.7. The summed E-state index contributed by atoms with van der Waals surface area (Å²) < 4.78 is 15.3. The Balaban J connectivity index is 1.61. The van der Waals surface area contributed by atoms with E-state index in [1.165, 1.54) is 23.1 Å². The van der Waals surface area contributed by atoms with E-state index in [1.54, 1.807) is 40.5 Å². The molecule has 0 saturated heterocycles. The van der Waals surface area contributed by atoms with Crippen molar-refractivity contribution in [2.24, 2.45) is 0 Å². The fraction of sp³-hybridized carbons (Fsp3) is 0.172. The average molecular weight is 591 g/mol. The van der Waals surface area contributed by atoms with Crippen LogP contribution in [0, 0.1) is 10.9 Å². The molecule has 5 aromatic rings. The molecule has 0 aliphatic carbocycles. The number of aromatic nitrogens is 3. The molecule has 0 atom stereocenters. The standard InChI is InChI=1S/C29H26N4O4S3/c1-4-37-23-15-8-7-14-22(23)32-26-25(40-29(32)38)27(35)33(21-13-6-5-10-18(21)2)28(31-26)39-17-24(34)30-19-11-9-12-20(16-19)36-3/h5-16H,4,17H2,1-3H3,(H,30,34). The summed E-state index contributed by atoms with van der Waals surface area (Å²) in [5, 5.41) is 3.26. The van der Waals surface area contributed by atoms with Crippen molar-refractivity contribution in [3.05, 3.63) is 92.7 Å². The van der Waals surface area contributed by atoms with Crippen LogP contribution in [0.2, 0.25) is 0 Å². The molecule has 0 bridgehead atoms. The molecule has 0 aliphatic heterocycles. The van der Waals surface area contributed by atoms with E-state index < -0.39 is 0 Å². The third-order valence-corrected chi connectivity index (χ3v) is 8.31. The lowest BCUT2D eigenvalue weighted by Gasteiger charge is -2.15. The van der Waals surface area contributed by atoms with E-state index in [9.17, 15) is 9.59 Å². The number of nitrogens with zero attached hydrogens (tertiary/aromatic N) is 3. The molecule has 2 heterocycles. The van der Waals surface area contributed by atoms with Crippen LogP contribution in [0.5, 0.6) is 11.5 Å². The van der Waals surface area contributed by atoms with Crippen LogP contribution in [0.4, 0.5) is 5.69 Å². The van der Waals surface area contributed by atoms with Gasteiger partial charge in [0.05, 0.1) is 30.8 Å². The number of fused-ring (bicyclic) bond motifs is 1. The molecule has 0 unspecified atom stereocenters. The van der Waals surface area contributed by atoms with Crippen LogP contribution in [0.25, 0.3) is 21.7 Å². The van der Waals surface area contributed by atoms with Crippen LogP contribution in [0.3, 0.4) is 0 Å². The van der Waals surface area contributed by atoms with Crippen molar-refractivity contribution in [1.29, 1.82) is 0 Å². The predicted octanol–water partition coefficient (Wildman–Crippen LogP) is 6.41. The Bertz CT molecular complexity index is 1830. The van der Waals surface area contributed by atoms with Gasteiger partial charge in [-0.3, -0.25) is 18.7 Å². The molecule has 1 amide bonds. The number of hydrogen-bond donors (Lipinski definition) is 1. The minimum atomic E-state index is -0.251. The lowest BCUT2D eigenvalue weighted by molar-refractivity contribution is -0.113. The predicted molar refractivity (Wildman–Crippen MR) is 164 cm³/mol. The van der Waals surface area contributed by atoms with E-state index in [-0.39, 0.29) is 17.2 Å². The SMILES string of the molecule is CCOc1ccccc1-n1c(=S)sc2c(=O)n(-c3ccccc3C)c(SCC(=O)Nc3cccc(OC)c3)nc21. The second-order valence-electron chi connectivity index (χ2n) is 8.65. The molecule has 3 aromatic carbocycles. The zero-order valence-corrected chi connectivity index (χ0v) is 24.5. The summed E-state index contributed by atoms with van der Waals surface area (Å²) in [5.74, 6) is 1.06. The van der Waals surface area contributed by atoms with Gasteiger partial charge in [0.15, 0.2) is 14.8 Å². The van der Waals surface area contributed by atoms with Gasteiger partial charge in [-0.15, -0.1) is 0 Å². The Morgan fingerprint density at radius 3 is 2.55 bits per heavy atom. The minimum absolute atomic E-state index is 0.0292. The number of thiazole rings is 1. The summed E-state index contributed by atoms with van der Waals surface area (Å²) in [5.41, 5.74) is 3.08. The molecule has 8 nitrogen and oxygen atoms in total. The highest BCUT2D eigenvalue weighted by Crippen LogP contribution is 2.32. The first kappa shape index (κ1) is 27.6. The number of methoxy groups -OCH3 is 1. The summed E-state index contributed by atoms with van der Waals surface area (Å²) in [7, 11) is 1.57. The zero-order chi connectivity index (χ0) is 28.2. The number of anilines is 1. The molecule has 204 valence electrons. The molecular formula is C29H26N4O4S3. The Morgan fingerprint density at radius 2 is 1.80 bits per heavy atom. The van der Waals surface area contributed by atoms with Crippen molar-refractivity contribution in [2.45, 2.75) is 19.0 Å². The van der Waals surface area contributed by atoms with E-state index in [0.717, 1.165) is 5.56 Å². The first-order chi connectivity index (χ1) is 19.4. The van der Waals surface area contributed by atoms with Crippen LogP contribution in [-0.2, 0) is 4.79 Å². The molecule has 2 aromatic heterocycles. The van der Waals surface area contributed by atoms with Gasteiger partial charge >= 0.3 is 0 Å². The van der Waals surface area contributed by atoms with Gasteiger partial charge < -0.3 is 14.8 Å². The summed E-state index contributed by atoms with van der Waals surface area (Å²) in [6.07, 6.45) is 0. The molecule has 0 aliphatic rings. The highest BCUT2D eigenvalue weighted by Gasteiger charge is 2.22. The molecule has 5 rings (SSSR count). The number of aryl methyl sites for hydroxylation is 1. The summed E-state index contributed by atoms with van der Waals surface area (Å²) in [4.78, 5) is 31.9. The summed E-state index contributed by atoms with van der Waals surface area (Å²) in [6.45, 7) is 4.32. The maximum atomic E-state index is 14.0. The minimum Gasteiger partial charge on any atom is -0.497 e. The number of amides is 1. The average Bonchev–Trinajstić information content (AvgIpc) is 3.29. The van der Waals surface area contributed by atoms with Gasteiger partial charge in [0.25, 0.3) is 5.56 Å². The van der Waals surface area contributed by atoms with Gasteiger partial charge in [0.1, 0.15) is 16.2 Å². The number of para-hydroxylation sites is 3. The highest BCUT2D eigenvalue weighted by atomic mass is 32.2. The molecule has 0 radical (unpaired) electrons. The number of carbonyl (C=O) groups is 1. The quantitative estimate of drug-likeness (QED) is 0.121. The van der Waals surface area contributed by atoms with Gasteiger partial charge in [0, 0.05) is 11.8 Å². The third kappa shape index (κ3) is 5.53. The normalized spacial score (nSPS) is 11.0. The smallest absolute Gasteiger partial charge is 0.278 e. The Hall–Kier alpha value is -3.93. The maximum Gasteiger partial charge on any atom is 0.278 e. The van der Waals surface area contributed by atoms with E-state index in [2.05, 4.69) is 5.32 Å². The molecule has 0 spiro atoms. The molecule has 0 fully saturated rings. The molecule has 0 saturated carbocycles. The van der Waals surface area contributed by atoms with Gasteiger partial charge in [-0.2, -0.15) is 0 Å². The van der Waals surface area contributed by atoms with Gasteiger partial charge in [0.2, 0.25) is 5.91 Å². The Labute approximate surface area is 244 Å². The summed E-state index contributed by atoms with van der Waals surface area (Å²) >= 11 is 8.11. The van der Waals surface area contributed by atoms with Crippen molar-refractivity contribution in [2.75, 3.05) is 24.8 Å². The van der Waals surface area contributed by atoms with Crippen LogP contribution < -0.4 is 20.3 Å². The molecular weight excluding hydrogens is 565 g/mol. The van der Waals surface area contributed by atoms with Crippen LogP contribution in [0.1, 0.15) is 12.5 Å². The lowest BCUT2D eigenvalue weighted by Crippen LogP contribution is -2.23. The van der Waals surface area contributed by atoms with Gasteiger partial charge in [-0.1, -0.05) is 59.5 Å².